The maximum Gasteiger partial charge on any atom is 0.318 e. The summed E-state index contributed by atoms with van der Waals surface area (Å²) < 4.78 is 0. The molecule has 0 aliphatic carbocycles. The van der Waals surface area contributed by atoms with E-state index in [2.05, 4.69) is 35.6 Å². The second-order valence-corrected chi connectivity index (χ2v) is 8.04. The Balaban J connectivity index is 1.56. The zero-order chi connectivity index (χ0) is 21.2. The van der Waals surface area contributed by atoms with Gasteiger partial charge in [0.1, 0.15) is 6.04 Å². The summed E-state index contributed by atoms with van der Waals surface area (Å²) in [5, 5.41) is 5.42. The molecule has 1 aliphatic rings. The van der Waals surface area contributed by atoms with Crippen LogP contribution < -0.4 is 5.32 Å². The molecule has 4 nitrogen and oxygen atoms in total. The molecule has 1 N–H and O–H groups in total. The Morgan fingerprint density at radius 2 is 1.71 bits per heavy atom. The summed E-state index contributed by atoms with van der Waals surface area (Å²) in [5.41, 5.74) is 4.45. The summed E-state index contributed by atoms with van der Waals surface area (Å²) in [4.78, 5) is 20.2. The topological polar surface area (TPSA) is 45.2 Å². The van der Waals surface area contributed by atoms with Gasteiger partial charge in [0.25, 0.3) is 0 Å². The van der Waals surface area contributed by atoms with Crippen molar-refractivity contribution in [3.8, 4) is 0 Å². The SMILES string of the molecule is C[C@H](NC(=O)N1CCc2ccccc2C1c1nccc2ccccc12)c1ccccc1. The van der Waals surface area contributed by atoms with Crippen LogP contribution in [0, 0.1) is 0 Å². The summed E-state index contributed by atoms with van der Waals surface area (Å²) in [6.45, 7) is 2.68. The number of aromatic nitrogens is 1. The number of benzene rings is 3. The molecule has 4 heteroatoms. The minimum absolute atomic E-state index is 0.0643. The average Bonchev–Trinajstić information content (AvgIpc) is 2.83. The number of nitrogens with zero attached hydrogens (tertiary/aromatic N) is 2. The number of urea groups is 1. The number of pyridine rings is 1. The zero-order valence-corrected chi connectivity index (χ0v) is 17.5. The van der Waals surface area contributed by atoms with E-state index >= 15 is 0 Å². The maximum atomic E-state index is 13.5. The molecular weight excluding hydrogens is 382 g/mol. The van der Waals surface area contributed by atoms with Crippen LogP contribution >= 0.6 is 0 Å². The van der Waals surface area contributed by atoms with E-state index in [-0.39, 0.29) is 18.1 Å². The highest BCUT2D eigenvalue weighted by Gasteiger charge is 2.34. The summed E-state index contributed by atoms with van der Waals surface area (Å²) >= 11 is 0. The van der Waals surface area contributed by atoms with Gasteiger partial charge >= 0.3 is 6.03 Å². The van der Waals surface area contributed by atoms with Gasteiger partial charge in [-0.15, -0.1) is 0 Å². The van der Waals surface area contributed by atoms with Crippen molar-refractivity contribution in [1.29, 1.82) is 0 Å². The molecule has 0 bridgehead atoms. The molecule has 154 valence electrons. The normalized spacial score (nSPS) is 16.5. The second kappa shape index (κ2) is 8.23. The van der Waals surface area contributed by atoms with Crippen molar-refractivity contribution in [2.24, 2.45) is 0 Å². The van der Waals surface area contributed by atoms with Crippen LogP contribution in [0.5, 0.6) is 0 Å². The van der Waals surface area contributed by atoms with Gasteiger partial charge < -0.3 is 10.2 Å². The van der Waals surface area contributed by atoms with Crippen LogP contribution in [0.2, 0.25) is 0 Å². The Morgan fingerprint density at radius 3 is 2.58 bits per heavy atom. The Bertz CT molecular complexity index is 1220. The van der Waals surface area contributed by atoms with E-state index in [9.17, 15) is 4.79 Å². The smallest absolute Gasteiger partial charge is 0.318 e. The van der Waals surface area contributed by atoms with Crippen molar-refractivity contribution >= 4 is 16.8 Å². The lowest BCUT2D eigenvalue weighted by Gasteiger charge is -2.38. The lowest BCUT2D eigenvalue weighted by atomic mass is 9.89. The molecule has 0 radical (unpaired) electrons. The predicted molar refractivity (Wildman–Crippen MR) is 124 cm³/mol. The molecule has 0 spiro atoms. The lowest BCUT2D eigenvalue weighted by molar-refractivity contribution is 0.176. The van der Waals surface area contributed by atoms with Gasteiger partial charge in [0, 0.05) is 18.1 Å². The number of hydrogen-bond acceptors (Lipinski definition) is 2. The van der Waals surface area contributed by atoms with E-state index < -0.39 is 0 Å². The lowest BCUT2D eigenvalue weighted by Crippen LogP contribution is -2.46. The van der Waals surface area contributed by atoms with E-state index in [1.165, 1.54) is 5.56 Å². The summed E-state index contributed by atoms with van der Waals surface area (Å²) in [5.74, 6) is 0. The zero-order valence-electron chi connectivity index (χ0n) is 17.5. The summed E-state index contributed by atoms with van der Waals surface area (Å²) in [7, 11) is 0. The van der Waals surface area contributed by atoms with Gasteiger partial charge in [-0.2, -0.15) is 0 Å². The van der Waals surface area contributed by atoms with Crippen molar-refractivity contribution in [1.82, 2.24) is 15.2 Å². The van der Waals surface area contributed by atoms with Crippen molar-refractivity contribution in [3.63, 3.8) is 0 Å². The van der Waals surface area contributed by atoms with Gasteiger partial charge in [0.05, 0.1) is 11.7 Å². The third kappa shape index (κ3) is 3.66. The van der Waals surface area contributed by atoms with Gasteiger partial charge in [-0.05, 0) is 41.5 Å². The van der Waals surface area contributed by atoms with Crippen molar-refractivity contribution in [2.75, 3.05) is 6.54 Å². The molecular formula is C27H25N3O. The third-order valence-corrected chi connectivity index (χ3v) is 6.15. The maximum absolute atomic E-state index is 13.5. The third-order valence-electron chi connectivity index (χ3n) is 6.15. The number of carbonyl (C=O) groups is 1. The van der Waals surface area contributed by atoms with Crippen molar-refractivity contribution in [3.05, 3.63) is 114 Å². The van der Waals surface area contributed by atoms with Crippen molar-refractivity contribution in [2.45, 2.75) is 25.4 Å². The van der Waals surface area contributed by atoms with E-state index in [0.29, 0.717) is 6.54 Å². The Kier molecular flexibility index (Phi) is 5.13. The van der Waals surface area contributed by atoms with E-state index in [1.807, 2.05) is 72.6 Å². The molecule has 5 rings (SSSR count). The molecule has 2 atom stereocenters. The molecule has 3 aromatic carbocycles. The molecule has 2 amide bonds. The highest BCUT2D eigenvalue weighted by atomic mass is 16.2. The fraction of sp³-hybridized carbons (Fsp3) is 0.185. The monoisotopic (exact) mass is 407 g/mol. The quantitative estimate of drug-likeness (QED) is 0.477. The molecule has 4 aromatic rings. The number of fused-ring (bicyclic) bond motifs is 2. The molecule has 1 unspecified atom stereocenters. The molecule has 1 aliphatic heterocycles. The van der Waals surface area contributed by atoms with Crippen LogP contribution in [0.3, 0.4) is 0 Å². The number of amides is 2. The van der Waals surface area contributed by atoms with Gasteiger partial charge in [-0.1, -0.05) is 78.9 Å². The minimum atomic E-state index is -0.223. The molecule has 0 fully saturated rings. The largest absolute Gasteiger partial charge is 0.331 e. The molecule has 2 heterocycles. The van der Waals surface area contributed by atoms with Crippen LogP contribution in [0.4, 0.5) is 4.79 Å². The van der Waals surface area contributed by atoms with E-state index in [1.54, 1.807) is 0 Å². The molecule has 0 saturated heterocycles. The first-order chi connectivity index (χ1) is 15.2. The Morgan fingerprint density at radius 1 is 0.968 bits per heavy atom. The van der Waals surface area contributed by atoms with Gasteiger partial charge in [0.2, 0.25) is 0 Å². The average molecular weight is 408 g/mol. The van der Waals surface area contributed by atoms with Crippen LogP contribution in [0.25, 0.3) is 10.8 Å². The van der Waals surface area contributed by atoms with Crippen LogP contribution in [-0.4, -0.2) is 22.5 Å². The Hall–Kier alpha value is -3.66. The molecule has 31 heavy (non-hydrogen) atoms. The number of rotatable bonds is 3. The number of hydrogen-bond donors (Lipinski definition) is 1. The van der Waals surface area contributed by atoms with Gasteiger partial charge in [0.15, 0.2) is 0 Å². The molecule has 0 saturated carbocycles. The first kappa shape index (κ1) is 19.3. The first-order valence-corrected chi connectivity index (χ1v) is 10.8. The van der Waals surface area contributed by atoms with E-state index in [0.717, 1.165) is 34.0 Å². The second-order valence-electron chi connectivity index (χ2n) is 8.04. The standard InChI is InChI=1S/C27H25N3O/c1-19(20-9-3-2-4-10-20)29-27(31)30-18-16-22-12-6-8-14-24(22)26(30)25-23-13-7-5-11-21(23)15-17-28-25/h2-15,17,19,26H,16,18H2,1H3,(H,29,31)/t19-,26?/m0/s1. The van der Waals surface area contributed by atoms with Gasteiger partial charge in [-0.3, -0.25) is 4.98 Å². The minimum Gasteiger partial charge on any atom is -0.331 e. The highest BCUT2D eigenvalue weighted by Crippen LogP contribution is 2.37. The highest BCUT2D eigenvalue weighted by molar-refractivity contribution is 5.86. The number of carbonyl (C=O) groups excluding carboxylic acids is 1. The predicted octanol–water partition coefficient (Wildman–Crippen LogP) is 5.65. The first-order valence-electron chi connectivity index (χ1n) is 10.8. The summed E-state index contributed by atoms with van der Waals surface area (Å²) in [6, 6.07) is 28.4. The van der Waals surface area contributed by atoms with E-state index in [4.69, 9.17) is 4.98 Å². The fourth-order valence-corrected chi connectivity index (χ4v) is 4.53. The van der Waals surface area contributed by atoms with Crippen LogP contribution in [0.15, 0.2) is 91.1 Å². The Labute approximate surface area is 182 Å². The van der Waals surface area contributed by atoms with Gasteiger partial charge in [-0.25, -0.2) is 4.79 Å². The molecule has 1 aromatic heterocycles. The van der Waals surface area contributed by atoms with Crippen LogP contribution in [-0.2, 0) is 6.42 Å². The fourth-order valence-electron chi connectivity index (χ4n) is 4.53. The number of nitrogens with one attached hydrogen (secondary N) is 1. The summed E-state index contributed by atoms with van der Waals surface area (Å²) in [6.07, 6.45) is 2.68. The van der Waals surface area contributed by atoms with Crippen molar-refractivity contribution < 1.29 is 4.79 Å². The van der Waals surface area contributed by atoms with Crippen LogP contribution in [0.1, 0.15) is 41.4 Å².